The lowest BCUT2D eigenvalue weighted by Gasteiger charge is -2.14. The molecular formula is C22H26N4O2. The third-order valence-electron chi connectivity index (χ3n) is 5.50. The molecule has 1 heterocycles. The molecule has 1 saturated carbocycles. The van der Waals surface area contributed by atoms with Crippen LogP contribution in [-0.2, 0) is 4.74 Å². The zero-order valence-corrected chi connectivity index (χ0v) is 15.9. The van der Waals surface area contributed by atoms with Gasteiger partial charge < -0.3 is 21.2 Å². The summed E-state index contributed by atoms with van der Waals surface area (Å²) in [5.41, 5.74) is 15.7. The van der Waals surface area contributed by atoms with Gasteiger partial charge in [-0.2, -0.15) is 0 Å². The quantitative estimate of drug-likeness (QED) is 0.351. The topological polar surface area (TPSA) is 107 Å². The molecule has 5 N–H and O–H groups in total. The number of fused-ring (bicyclic) bond motifs is 1. The molecule has 28 heavy (non-hydrogen) atoms. The lowest BCUT2D eigenvalue weighted by Crippen LogP contribution is -2.14. The summed E-state index contributed by atoms with van der Waals surface area (Å²) < 4.78 is 5.59. The van der Waals surface area contributed by atoms with E-state index in [1.165, 1.54) is 25.7 Å². The van der Waals surface area contributed by atoms with Crippen LogP contribution in [0.2, 0.25) is 0 Å². The summed E-state index contributed by atoms with van der Waals surface area (Å²) in [7, 11) is 0. The van der Waals surface area contributed by atoms with Gasteiger partial charge >= 0.3 is 5.97 Å². The monoisotopic (exact) mass is 378 g/mol. The van der Waals surface area contributed by atoms with Crippen LogP contribution in [0.25, 0.3) is 22.4 Å². The lowest BCUT2D eigenvalue weighted by molar-refractivity contribution is 0.0428. The molecule has 6 heteroatoms. The van der Waals surface area contributed by atoms with Crippen LogP contribution in [0.3, 0.4) is 0 Å². The number of aromatic nitrogens is 2. The number of nitrogens with one attached hydrogen (secondary N) is 1. The third kappa shape index (κ3) is 3.96. The van der Waals surface area contributed by atoms with E-state index in [0.717, 1.165) is 29.4 Å². The van der Waals surface area contributed by atoms with Crippen molar-refractivity contribution in [3.8, 4) is 11.4 Å². The van der Waals surface area contributed by atoms with Crippen molar-refractivity contribution >= 4 is 28.4 Å². The number of carbonyl (C=O) groups excluding carboxylic acids is 1. The Morgan fingerprint density at radius 3 is 2.57 bits per heavy atom. The number of nitrogens with two attached hydrogens (primary N) is 2. The van der Waals surface area contributed by atoms with Crippen molar-refractivity contribution < 1.29 is 9.53 Å². The number of nitrogen functional groups attached to an aromatic ring is 2. The fourth-order valence-corrected chi connectivity index (χ4v) is 3.80. The fourth-order valence-electron chi connectivity index (χ4n) is 3.80. The average Bonchev–Trinajstić information content (AvgIpc) is 2.95. The van der Waals surface area contributed by atoms with Gasteiger partial charge in [-0.3, -0.25) is 0 Å². The number of benzene rings is 2. The van der Waals surface area contributed by atoms with Gasteiger partial charge in [-0.15, -0.1) is 0 Å². The van der Waals surface area contributed by atoms with Crippen LogP contribution < -0.4 is 11.5 Å². The summed E-state index contributed by atoms with van der Waals surface area (Å²) in [6, 6.07) is 10.8. The third-order valence-corrected chi connectivity index (χ3v) is 5.50. The van der Waals surface area contributed by atoms with Crippen molar-refractivity contribution in [3.63, 3.8) is 0 Å². The van der Waals surface area contributed by atoms with Gasteiger partial charge in [0.25, 0.3) is 0 Å². The van der Waals surface area contributed by atoms with Gasteiger partial charge in [0.2, 0.25) is 0 Å². The van der Waals surface area contributed by atoms with Gasteiger partial charge in [-0.05, 0) is 55.2 Å². The molecule has 0 radical (unpaired) electrons. The highest BCUT2D eigenvalue weighted by atomic mass is 16.5. The van der Waals surface area contributed by atoms with E-state index in [4.69, 9.17) is 16.2 Å². The van der Waals surface area contributed by atoms with E-state index < -0.39 is 0 Å². The van der Waals surface area contributed by atoms with Crippen LogP contribution in [0.15, 0.2) is 36.4 Å². The highest BCUT2D eigenvalue weighted by molar-refractivity contribution is 5.94. The van der Waals surface area contributed by atoms with E-state index in [2.05, 4.69) is 9.97 Å². The van der Waals surface area contributed by atoms with Gasteiger partial charge in [-0.25, -0.2) is 9.78 Å². The molecule has 0 spiro atoms. The summed E-state index contributed by atoms with van der Waals surface area (Å²) in [6.07, 6.45) is 7.37. The van der Waals surface area contributed by atoms with Crippen LogP contribution in [0.5, 0.6) is 0 Å². The first-order chi connectivity index (χ1) is 13.6. The molecule has 4 rings (SSSR count). The highest BCUT2D eigenvalue weighted by Crippen LogP contribution is 2.26. The van der Waals surface area contributed by atoms with E-state index in [0.29, 0.717) is 35.3 Å². The molecule has 1 fully saturated rings. The predicted molar refractivity (Wildman–Crippen MR) is 112 cm³/mol. The maximum Gasteiger partial charge on any atom is 0.338 e. The van der Waals surface area contributed by atoms with E-state index in [1.54, 1.807) is 24.3 Å². The Balaban J connectivity index is 1.49. The maximum atomic E-state index is 12.5. The van der Waals surface area contributed by atoms with Crippen molar-refractivity contribution in [2.45, 2.75) is 38.5 Å². The Bertz CT molecular complexity index is 987. The van der Waals surface area contributed by atoms with Crippen LogP contribution >= 0.6 is 0 Å². The molecule has 0 saturated heterocycles. The summed E-state index contributed by atoms with van der Waals surface area (Å²) in [6.45, 7) is 0.510. The summed E-state index contributed by atoms with van der Waals surface area (Å²) in [5, 5.41) is 0. The maximum absolute atomic E-state index is 12.5. The Hall–Kier alpha value is -3.02. The summed E-state index contributed by atoms with van der Waals surface area (Å²) >= 11 is 0. The highest BCUT2D eigenvalue weighted by Gasteiger charge is 2.16. The van der Waals surface area contributed by atoms with Gasteiger partial charge in [0.1, 0.15) is 5.82 Å². The lowest BCUT2D eigenvalue weighted by atomic mass is 10.0. The molecule has 1 aromatic heterocycles. The number of nitrogens with zero attached hydrogens (tertiary/aromatic N) is 1. The standard InChI is InChI=1S/C22H26N4O2/c23-17-9-7-15(11-18(17)24)21-25-19-10-8-16(12-20(19)26-21)22(27)28-13-14-5-3-1-2-4-6-14/h7-12,14H,1-6,13,23-24H2,(H,25,26). The van der Waals surface area contributed by atoms with Gasteiger partial charge in [0, 0.05) is 5.56 Å². The van der Waals surface area contributed by atoms with E-state index in [1.807, 2.05) is 12.1 Å². The minimum atomic E-state index is -0.279. The zero-order chi connectivity index (χ0) is 19.5. The van der Waals surface area contributed by atoms with Crippen molar-refractivity contribution in [1.82, 2.24) is 9.97 Å². The summed E-state index contributed by atoms with van der Waals surface area (Å²) in [5.74, 6) is 0.898. The molecule has 0 bridgehead atoms. The Kier molecular flexibility index (Phi) is 5.19. The molecule has 146 valence electrons. The van der Waals surface area contributed by atoms with Crippen LogP contribution in [0.1, 0.15) is 48.9 Å². The molecular weight excluding hydrogens is 352 g/mol. The Labute approximate surface area is 164 Å². The second-order valence-electron chi connectivity index (χ2n) is 7.62. The van der Waals surface area contributed by atoms with Crippen molar-refractivity contribution in [2.75, 3.05) is 18.1 Å². The molecule has 3 aromatic rings. The van der Waals surface area contributed by atoms with Crippen molar-refractivity contribution in [2.24, 2.45) is 5.92 Å². The first kappa shape index (κ1) is 18.3. The molecule has 0 aliphatic heterocycles. The van der Waals surface area contributed by atoms with Gasteiger partial charge in [-0.1, -0.05) is 25.7 Å². The number of anilines is 2. The Morgan fingerprint density at radius 1 is 1.04 bits per heavy atom. The van der Waals surface area contributed by atoms with E-state index >= 15 is 0 Å². The normalized spacial score (nSPS) is 15.4. The number of esters is 1. The molecule has 6 nitrogen and oxygen atoms in total. The molecule has 1 aliphatic carbocycles. The largest absolute Gasteiger partial charge is 0.462 e. The molecule has 1 aliphatic rings. The number of hydrogen-bond acceptors (Lipinski definition) is 5. The number of imidazole rings is 1. The van der Waals surface area contributed by atoms with Crippen LogP contribution in [0, 0.1) is 5.92 Å². The minimum absolute atomic E-state index is 0.279. The number of aromatic amines is 1. The summed E-state index contributed by atoms with van der Waals surface area (Å²) in [4.78, 5) is 20.3. The SMILES string of the molecule is Nc1ccc(-c2nc3ccc(C(=O)OCC4CCCCCC4)cc3[nH]2)cc1N. The smallest absolute Gasteiger partial charge is 0.338 e. The van der Waals surface area contributed by atoms with Crippen molar-refractivity contribution in [1.29, 1.82) is 0 Å². The van der Waals surface area contributed by atoms with Gasteiger partial charge in [0.15, 0.2) is 0 Å². The Morgan fingerprint density at radius 2 is 1.82 bits per heavy atom. The number of rotatable bonds is 4. The first-order valence-corrected chi connectivity index (χ1v) is 9.92. The fraction of sp³-hybridized carbons (Fsp3) is 0.364. The van der Waals surface area contributed by atoms with E-state index in [-0.39, 0.29) is 5.97 Å². The van der Waals surface area contributed by atoms with Crippen LogP contribution in [-0.4, -0.2) is 22.5 Å². The van der Waals surface area contributed by atoms with Gasteiger partial charge in [0.05, 0.1) is 34.6 Å². The molecule has 2 aromatic carbocycles. The predicted octanol–water partition coefficient (Wildman–Crippen LogP) is 4.52. The number of hydrogen-bond donors (Lipinski definition) is 3. The number of ether oxygens (including phenoxy) is 1. The molecule has 0 amide bonds. The van der Waals surface area contributed by atoms with Crippen molar-refractivity contribution in [3.05, 3.63) is 42.0 Å². The second-order valence-corrected chi connectivity index (χ2v) is 7.62. The van der Waals surface area contributed by atoms with Crippen LogP contribution in [0.4, 0.5) is 11.4 Å². The van der Waals surface area contributed by atoms with E-state index in [9.17, 15) is 4.79 Å². The zero-order valence-electron chi connectivity index (χ0n) is 15.9. The number of H-pyrrole nitrogens is 1. The first-order valence-electron chi connectivity index (χ1n) is 9.92. The number of carbonyl (C=O) groups is 1. The second kappa shape index (κ2) is 7.92. The average molecular weight is 378 g/mol. The molecule has 0 unspecified atom stereocenters. The minimum Gasteiger partial charge on any atom is -0.462 e. The molecule has 0 atom stereocenters.